The topological polar surface area (TPSA) is 98.1 Å². The van der Waals surface area contributed by atoms with Gasteiger partial charge in [0.1, 0.15) is 0 Å². The van der Waals surface area contributed by atoms with Gasteiger partial charge in [0.05, 0.1) is 6.61 Å². The van der Waals surface area contributed by atoms with Crippen LogP contribution in [0.4, 0.5) is 0 Å². The number of aryl methyl sites for hydroxylation is 1. The number of benzene rings is 2. The lowest BCUT2D eigenvalue weighted by atomic mass is 10.1. The maximum absolute atomic E-state index is 9.20. The molecule has 3 N–H and O–H groups in total. The third kappa shape index (κ3) is 8.64. The molecule has 2 rings (SSSR count). The molecule has 0 amide bonds. The highest BCUT2D eigenvalue weighted by Crippen LogP contribution is 2.10. The van der Waals surface area contributed by atoms with E-state index in [1.165, 1.54) is 16.7 Å². The molecule has 6 heteroatoms. The number of rotatable bonds is 6. The van der Waals surface area contributed by atoms with Crippen LogP contribution in [0.3, 0.4) is 0 Å². The van der Waals surface area contributed by atoms with Gasteiger partial charge in [0.15, 0.2) is 0 Å². The summed E-state index contributed by atoms with van der Waals surface area (Å²) >= 11 is 0. The van der Waals surface area contributed by atoms with Crippen LogP contribution in [0.25, 0.3) is 0 Å². The molecule has 0 atom stereocenters. The van der Waals surface area contributed by atoms with Crippen molar-refractivity contribution in [3.05, 3.63) is 71.3 Å². The number of hydrogen-bond acceptors (Lipinski definition) is 4. The predicted octanol–water partition coefficient (Wildman–Crippen LogP) is 2.15. The van der Waals surface area contributed by atoms with Crippen molar-refractivity contribution in [1.29, 1.82) is 0 Å². The lowest BCUT2D eigenvalue weighted by Crippen LogP contribution is -2.26. The van der Waals surface area contributed by atoms with E-state index in [9.17, 15) is 5.11 Å². The fourth-order valence-corrected chi connectivity index (χ4v) is 2.15. The Morgan fingerprint density at radius 2 is 1.32 bits per heavy atom. The smallest absolute Gasteiger partial charge is 0.414 e. The van der Waals surface area contributed by atoms with Crippen LogP contribution in [0.1, 0.15) is 16.7 Å². The van der Waals surface area contributed by atoms with Gasteiger partial charge in [0, 0.05) is 19.6 Å². The molecule has 0 spiro atoms. The van der Waals surface area contributed by atoms with E-state index in [0.29, 0.717) is 6.54 Å². The third-order valence-corrected chi connectivity index (χ3v) is 3.37. The molecule has 0 aliphatic carbocycles. The quantitative estimate of drug-likeness (QED) is 0.694. The van der Waals surface area contributed by atoms with Crippen molar-refractivity contribution in [1.82, 2.24) is 4.90 Å². The van der Waals surface area contributed by atoms with Gasteiger partial charge in [-0.2, -0.15) is 0 Å². The van der Waals surface area contributed by atoms with E-state index in [1.807, 2.05) is 6.07 Å². The molecule has 0 radical (unpaired) electrons. The minimum atomic E-state index is -1.82. The van der Waals surface area contributed by atoms with Crippen molar-refractivity contribution in [2.75, 3.05) is 13.2 Å². The average Bonchev–Trinajstić information content (AvgIpc) is 2.58. The monoisotopic (exact) mass is 345 g/mol. The van der Waals surface area contributed by atoms with Crippen LogP contribution in [-0.2, 0) is 22.7 Å². The first-order valence-electron chi connectivity index (χ1n) is 7.81. The van der Waals surface area contributed by atoms with Crippen LogP contribution in [0.2, 0.25) is 0 Å². The highest BCUT2D eigenvalue weighted by Gasteiger charge is 2.06. The van der Waals surface area contributed by atoms with Crippen molar-refractivity contribution in [3.63, 3.8) is 0 Å². The van der Waals surface area contributed by atoms with Gasteiger partial charge < -0.3 is 15.3 Å². The lowest BCUT2D eigenvalue weighted by Gasteiger charge is -2.21. The van der Waals surface area contributed by atoms with Crippen LogP contribution in [0, 0.1) is 6.92 Å². The van der Waals surface area contributed by atoms with Crippen LogP contribution in [0.15, 0.2) is 54.6 Å². The fourth-order valence-electron chi connectivity index (χ4n) is 2.15. The Kier molecular flexibility index (Phi) is 8.92. The molecule has 0 unspecified atom stereocenters. The van der Waals surface area contributed by atoms with Crippen molar-refractivity contribution in [3.8, 4) is 0 Å². The molecule has 0 heterocycles. The van der Waals surface area contributed by atoms with E-state index < -0.39 is 11.9 Å². The largest absolute Gasteiger partial charge is 0.473 e. The summed E-state index contributed by atoms with van der Waals surface area (Å²) in [5, 5.41) is 24.0. The Hall–Kier alpha value is -2.70. The lowest BCUT2D eigenvalue weighted by molar-refractivity contribution is -0.159. The number of carboxylic acids is 2. The molecule has 2 aromatic carbocycles. The van der Waals surface area contributed by atoms with Crippen LogP contribution >= 0.6 is 0 Å². The van der Waals surface area contributed by atoms with Gasteiger partial charge in [0.2, 0.25) is 0 Å². The predicted molar refractivity (Wildman–Crippen MR) is 94.1 cm³/mol. The van der Waals surface area contributed by atoms with Crippen LogP contribution in [0.5, 0.6) is 0 Å². The first-order valence-corrected chi connectivity index (χ1v) is 7.81. The van der Waals surface area contributed by atoms with Gasteiger partial charge in [0.25, 0.3) is 0 Å². The zero-order valence-corrected chi connectivity index (χ0v) is 14.1. The van der Waals surface area contributed by atoms with Crippen LogP contribution in [-0.4, -0.2) is 45.3 Å². The molecule has 0 aliphatic heterocycles. The molecule has 25 heavy (non-hydrogen) atoms. The minimum Gasteiger partial charge on any atom is -0.473 e. The zero-order valence-electron chi connectivity index (χ0n) is 14.1. The summed E-state index contributed by atoms with van der Waals surface area (Å²) in [5.74, 6) is -3.65. The van der Waals surface area contributed by atoms with Crippen LogP contribution < -0.4 is 0 Å². The van der Waals surface area contributed by atoms with Crippen molar-refractivity contribution < 1.29 is 24.9 Å². The van der Waals surface area contributed by atoms with Gasteiger partial charge in [-0.1, -0.05) is 60.2 Å². The second kappa shape index (κ2) is 11.0. The Morgan fingerprint density at radius 3 is 1.76 bits per heavy atom. The summed E-state index contributed by atoms with van der Waals surface area (Å²) < 4.78 is 0. The maximum atomic E-state index is 9.20. The third-order valence-electron chi connectivity index (χ3n) is 3.37. The van der Waals surface area contributed by atoms with Gasteiger partial charge >= 0.3 is 11.9 Å². The van der Waals surface area contributed by atoms with E-state index in [-0.39, 0.29) is 6.61 Å². The minimum absolute atomic E-state index is 0.193. The summed E-state index contributed by atoms with van der Waals surface area (Å²) in [6.45, 7) is 4.73. The summed E-state index contributed by atoms with van der Waals surface area (Å²) in [7, 11) is 0. The highest BCUT2D eigenvalue weighted by molar-refractivity contribution is 6.27. The van der Waals surface area contributed by atoms with Gasteiger partial charge in [-0.3, -0.25) is 4.90 Å². The number of hydrogen-bond donors (Lipinski definition) is 3. The molecule has 134 valence electrons. The Labute approximate surface area is 147 Å². The number of carboxylic acid groups (broad SMARTS) is 2. The number of carbonyl (C=O) groups is 2. The molecule has 6 nitrogen and oxygen atoms in total. The SMILES string of the molecule is Cc1ccc(CN(CCO)Cc2ccccc2)cc1.O=C(O)C(=O)O. The summed E-state index contributed by atoms with van der Waals surface area (Å²) in [5.41, 5.74) is 3.85. The molecular weight excluding hydrogens is 322 g/mol. The first kappa shape index (κ1) is 20.3. The molecule has 0 fully saturated rings. The number of aliphatic hydroxyl groups excluding tert-OH is 1. The molecular formula is C19H23NO5. The Bertz CT molecular complexity index is 643. The molecule has 0 saturated heterocycles. The zero-order chi connectivity index (χ0) is 18.7. The second-order valence-electron chi connectivity index (χ2n) is 5.52. The molecule has 0 aromatic heterocycles. The first-order chi connectivity index (χ1) is 11.9. The van der Waals surface area contributed by atoms with Gasteiger partial charge in [-0.15, -0.1) is 0 Å². The van der Waals surface area contributed by atoms with E-state index >= 15 is 0 Å². The molecule has 0 saturated carbocycles. The van der Waals surface area contributed by atoms with Crippen molar-refractivity contribution in [2.45, 2.75) is 20.0 Å². The fraction of sp³-hybridized carbons (Fsp3) is 0.263. The van der Waals surface area contributed by atoms with Crippen molar-refractivity contribution >= 4 is 11.9 Å². The number of aliphatic carboxylic acids is 2. The Morgan fingerprint density at radius 1 is 0.840 bits per heavy atom. The maximum Gasteiger partial charge on any atom is 0.414 e. The highest BCUT2D eigenvalue weighted by atomic mass is 16.4. The molecule has 2 aromatic rings. The van der Waals surface area contributed by atoms with E-state index in [0.717, 1.165) is 13.1 Å². The standard InChI is InChI=1S/C17H21NO.C2H2O4/c1-15-7-9-17(10-8-15)14-18(11-12-19)13-16-5-3-2-4-6-16;3-1(4)2(5)6/h2-10,19H,11-14H2,1H3;(H,3,4)(H,5,6). The Balaban J connectivity index is 0.000000450. The normalized spacial score (nSPS) is 10.0. The summed E-state index contributed by atoms with van der Waals surface area (Å²) in [6, 6.07) is 19.0. The number of nitrogens with zero attached hydrogens (tertiary/aromatic N) is 1. The molecule has 0 bridgehead atoms. The van der Waals surface area contributed by atoms with Gasteiger partial charge in [-0.05, 0) is 18.1 Å². The van der Waals surface area contributed by atoms with E-state index in [2.05, 4.69) is 60.4 Å². The van der Waals surface area contributed by atoms with Gasteiger partial charge in [-0.25, -0.2) is 9.59 Å². The second-order valence-corrected chi connectivity index (χ2v) is 5.52. The van der Waals surface area contributed by atoms with E-state index in [1.54, 1.807) is 0 Å². The van der Waals surface area contributed by atoms with Crippen molar-refractivity contribution in [2.24, 2.45) is 0 Å². The average molecular weight is 345 g/mol. The summed E-state index contributed by atoms with van der Waals surface area (Å²) in [4.78, 5) is 20.5. The molecule has 0 aliphatic rings. The summed E-state index contributed by atoms with van der Waals surface area (Å²) in [6.07, 6.45) is 0. The number of aliphatic hydroxyl groups is 1. The van der Waals surface area contributed by atoms with E-state index in [4.69, 9.17) is 19.8 Å².